The van der Waals surface area contributed by atoms with Gasteiger partial charge in [-0.25, -0.2) is 0 Å². The van der Waals surface area contributed by atoms with Crippen LogP contribution < -0.4 is 5.32 Å². The molecule has 280 valence electrons. The molecule has 0 spiro atoms. The van der Waals surface area contributed by atoms with E-state index in [0.29, 0.717) is 12.8 Å². The van der Waals surface area contributed by atoms with Crippen molar-refractivity contribution < 1.29 is 15.0 Å². The summed E-state index contributed by atoms with van der Waals surface area (Å²) in [5.74, 6) is -0.149. The standard InChI is InChI=1S/C45H77NO3/c1-3-5-7-9-11-13-15-17-19-21-23-25-27-29-31-33-35-37-39-41-45(49)46-43(42-47)44(48)40-38-36-34-32-30-28-26-24-22-20-18-16-14-12-10-8-6-4-2/h5,7,11,13,17,19,23,25,29,31,35,37-38,40,43-44,47-48H,3-4,6,8-10,12,14-16,18,20-22,24,26-28,30,32-34,36,39,41-42H2,1-2H3,(H,46,49)/b7-5-,13-11-,19-17-,25-23-,31-29-,37-35-,40-38+. The molecule has 0 aromatic carbocycles. The highest BCUT2D eigenvalue weighted by molar-refractivity contribution is 5.76. The maximum atomic E-state index is 12.3. The molecule has 0 saturated heterocycles. The fourth-order valence-electron chi connectivity index (χ4n) is 5.55. The quantitative estimate of drug-likeness (QED) is 0.0461. The summed E-state index contributed by atoms with van der Waals surface area (Å²) in [6.45, 7) is 4.15. The van der Waals surface area contributed by atoms with Crippen molar-refractivity contribution in [1.29, 1.82) is 0 Å². The molecule has 3 N–H and O–H groups in total. The van der Waals surface area contributed by atoms with E-state index in [2.05, 4.69) is 86.0 Å². The number of aliphatic hydroxyl groups is 2. The summed E-state index contributed by atoms with van der Waals surface area (Å²) < 4.78 is 0. The van der Waals surface area contributed by atoms with E-state index in [-0.39, 0.29) is 12.5 Å². The van der Waals surface area contributed by atoms with Crippen molar-refractivity contribution in [3.63, 3.8) is 0 Å². The lowest BCUT2D eigenvalue weighted by atomic mass is 10.0. The Labute approximate surface area is 303 Å². The minimum atomic E-state index is -0.874. The first-order valence-corrected chi connectivity index (χ1v) is 20.3. The van der Waals surface area contributed by atoms with Gasteiger partial charge < -0.3 is 15.5 Å². The smallest absolute Gasteiger partial charge is 0.220 e. The Balaban J connectivity index is 3.76. The highest BCUT2D eigenvalue weighted by atomic mass is 16.3. The van der Waals surface area contributed by atoms with Gasteiger partial charge in [0.2, 0.25) is 5.91 Å². The predicted octanol–water partition coefficient (Wildman–Crippen LogP) is 12.5. The third-order valence-electron chi connectivity index (χ3n) is 8.65. The Bertz CT molecular complexity index is 910. The lowest BCUT2D eigenvalue weighted by Crippen LogP contribution is -2.45. The van der Waals surface area contributed by atoms with Crippen molar-refractivity contribution in [1.82, 2.24) is 5.32 Å². The van der Waals surface area contributed by atoms with E-state index in [1.165, 1.54) is 96.3 Å². The van der Waals surface area contributed by atoms with Crippen molar-refractivity contribution in [2.24, 2.45) is 0 Å². The number of allylic oxidation sites excluding steroid dienone is 13. The Morgan fingerprint density at radius 2 is 0.898 bits per heavy atom. The van der Waals surface area contributed by atoms with Gasteiger partial charge in [-0.2, -0.15) is 0 Å². The minimum absolute atomic E-state index is 0.149. The number of aliphatic hydroxyl groups excluding tert-OH is 2. The number of amides is 1. The Kier molecular flexibility index (Phi) is 38.0. The Hall–Kier alpha value is -2.43. The summed E-state index contributed by atoms with van der Waals surface area (Å²) >= 11 is 0. The topological polar surface area (TPSA) is 69.6 Å². The second kappa shape index (κ2) is 40.0. The zero-order valence-electron chi connectivity index (χ0n) is 31.9. The number of rotatable bonds is 35. The molecule has 0 radical (unpaired) electrons. The average Bonchev–Trinajstić information content (AvgIpc) is 3.10. The molecule has 0 fully saturated rings. The molecule has 0 heterocycles. The molecule has 1 amide bonds. The van der Waals surface area contributed by atoms with E-state index < -0.39 is 12.1 Å². The largest absolute Gasteiger partial charge is 0.394 e. The average molecular weight is 680 g/mol. The number of carbonyl (C=O) groups is 1. The summed E-state index contributed by atoms with van der Waals surface area (Å²) in [5.41, 5.74) is 0. The zero-order chi connectivity index (χ0) is 35.7. The number of hydrogen-bond acceptors (Lipinski definition) is 3. The summed E-state index contributed by atoms with van der Waals surface area (Å²) in [6.07, 6.45) is 58.3. The van der Waals surface area contributed by atoms with E-state index in [4.69, 9.17) is 0 Å². The first-order chi connectivity index (χ1) is 24.2. The Morgan fingerprint density at radius 1 is 0.510 bits per heavy atom. The predicted molar refractivity (Wildman–Crippen MR) is 216 cm³/mol. The number of hydrogen-bond donors (Lipinski definition) is 3. The van der Waals surface area contributed by atoms with Gasteiger partial charge in [-0.1, -0.05) is 195 Å². The van der Waals surface area contributed by atoms with Crippen LogP contribution in [-0.2, 0) is 4.79 Å². The molecule has 0 bridgehead atoms. The van der Waals surface area contributed by atoms with Gasteiger partial charge in [0.25, 0.3) is 0 Å². The number of unbranched alkanes of at least 4 members (excludes halogenated alkanes) is 16. The Morgan fingerprint density at radius 3 is 1.31 bits per heavy atom. The molecule has 4 heteroatoms. The normalized spacial score (nSPS) is 14.0. The van der Waals surface area contributed by atoms with Crippen molar-refractivity contribution in [2.45, 2.75) is 187 Å². The maximum absolute atomic E-state index is 12.3. The van der Waals surface area contributed by atoms with Crippen LogP contribution in [0.1, 0.15) is 174 Å². The molecular weight excluding hydrogens is 602 g/mol. The van der Waals surface area contributed by atoms with Gasteiger partial charge in [0.05, 0.1) is 18.8 Å². The van der Waals surface area contributed by atoms with Gasteiger partial charge in [-0.15, -0.1) is 0 Å². The monoisotopic (exact) mass is 680 g/mol. The maximum Gasteiger partial charge on any atom is 0.220 e. The minimum Gasteiger partial charge on any atom is -0.394 e. The van der Waals surface area contributed by atoms with Crippen molar-refractivity contribution in [2.75, 3.05) is 6.61 Å². The first-order valence-electron chi connectivity index (χ1n) is 20.3. The first kappa shape index (κ1) is 46.6. The van der Waals surface area contributed by atoms with Crippen LogP contribution in [0.4, 0.5) is 0 Å². The molecular formula is C45H77NO3. The van der Waals surface area contributed by atoms with Gasteiger partial charge in [0.15, 0.2) is 0 Å². The van der Waals surface area contributed by atoms with Gasteiger partial charge in [-0.05, 0) is 57.8 Å². The molecule has 49 heavy (non-hydrogen) atoms. The van der Waals surface area contributed by atoms with Crippen LogP contribution in [0.15, 0.2) is 85.1 Å². The zero-order valence-corrected chi connectivity index (χ0v) is 31.9. The van der Waals surface area contributed by atoms with Crippen LogP contribution in [0.25, 0.3) is 0 Å². The third kappa shape index (κ3) is 36.7. The highest BCUT2D eigenvalue weighted by Crippen LogP contribution is 2.14. The van der Waals surface area contributed by atoms with Crippen LogP contribution in [0, 0.1) is 0 Å². The lowest BCUT2D eigenvalue weighted by molar-refractivity contribution is -0.122. The van der Waals surface area contributed by atoms with Gasteiger partial charge in [0.1, 0.15) is 0 Å². The SMILES string of the molecule is CC/C=C\C/C=C\C/C=C\C/C=C\C/C=C\C/C=C\CCC(=O)NC(CO)C(O)/C=C/CCCCCCCCCCCCCCCCCC. The molecule has 0 aliphatic heterocycles. The van der Waals surface area contributed by atoms with E-state index >= 15 is 0 Å². The lowest BCUT2D eigenvalue weighted by Gasteiger charge is -2.19. The van der Waals surface area contributed by atoms with Gasteiger partial charge in [0, 0.05) is 6.42 Å². The highest BCUT2D eigenvalue weighted by Gasteiger charge is 2.17. The van der Waals surface area contributed by atoms with Crippen molar-refractivity contribution in [3.8, 4) is 0 Å². The molecule has 0 aromatic heterocycles. The van der Waals surface area contributed by atoms with Gasteiger partial charge >= 0.3 is 0 Å². The number of carbonyl (C=O) groups excluding carboxylic acids is 1. The van der Waals surface area contributed by atoms with Gasteiger partial charge in [-0.3, -0.25) is 4.79 Å². The fourth-order valence-corrected chi connectivity index (χ4v) is 5.55. The van der Waals surface area contributed by atoms with Crippen LogP contribution >= 0.6 is 0 Å². The molecule has 0 aliphatic rings. The van der Waals surface area contributed by atoms with Crippen LogP contribution in [0.5, 0.6) is 0 Å². The molecule has 0 saturated carbocycles. The van der Waals surface area contributed by atoms with Crippen LogP contribution in [0.2, 0.25) is 0 Å². The van der Waals surface area contributed by atoms with E-state index in [1.54, 1.807) is 6.08 Å². The second-order valence-electron chi connectivity index (χ2n) is 13.3. The molecule has 0 aromatic rings. The molecule has 0 rings (SSSR count). The van der Waals surface area contributed by atoms with Crippen LogP contribution in [-0.4, -0.2) is 34.9 Å². The molecule has 2 unspecified atom stereocenters. The summed E-state index contributed by atoms with van der Waals surface area (Å²) in [6, 6.07) is -0.667. The van der Waals surface area contributed by atoms with Crippen molar-refractivity contribution in [3.05, 3.63) is 85.1 Å². The van der Waals surface area contributed by atoms with Crippen LogP contribution in [0.3, 0.4) is 0 Å². The van der Waals surface area contributed by atoms with E-state index in [0.717, 1.165) is 51.4 Å². The van der Waals surface area contributed by atoms with Crippen molar-refractivity contribution >= 4 is 5.91 Å². The fraction of sp³-hybridized carbons (Fsp3) is 0.667. The second-order valence-corrected chi connectivity index (χ2v) is 13.3. The van der Waals surface area contributed by atoms with E-state index in [1.807, 2.05) is 12.2 Å². The summed E-state index contributed by atoms with van der Waals surface area (Å²) in [5, 5.41) is 22.9. The third-order valence-corrected chi connectivity index (χ3v) is 8.65. The molecule has 2 atom stereocenters. The summed E-state index contributed by atoms with van der Waals surface area (Å²) in [4.78, 5) is 12.3. The summed E-state index contributed by atoms with van der Waals surface area (Å²) in [7, 11) is 0. The van der Waals surface area contributed by atoms with E-state index in [9.17, 15) is 15.0 Å². The molecule has 4 nitrogen and oxygen atoms in total. The number of nitrogens with one attached hydrogen (secondary N) is 1. The molecule has 0 aliphatic carbocycles.